The second kappa shape index (κ2) is 11.1. The molecule has 0 atom stereocenters. The summed E-state index contributed by atoms with van der Waals surface area (Å²) in [6.45, 7) is 3.31. The van der Waals surface area contributed by atoms with Gasteiger partial charge in [-0.3, -0.25) is 19.2 Å². The van der Waals surface area contributed by atoms with Gasteiger partial charge in [0.2, 0.25) is 5.91 Å². The number of amides is 3. The Morgan fingerprint density at radius 2 is 1.80 bits per heavy atom. The summed E-state index contributed by atoms with van der Waals surface area (Å²) in [5, 5.41) is 9.38. The van der Waals surface area contributed by atoms with Gasteiger partial charge in [0, 0.05) is 12.1 Å². The second-order valence-corrected chi connectivity index (χ2v) is 9.48. The number of carbonyl (C=O) groups excluding carboxylic acids is 3. The monoisotopic (exact) mass is 547 g/mol. The van der Waals surface area contributed by atoms with Crippen LogP contribution in [0.15, 0.2) is 59.5 Å². The first-order chi connectivity index (χ1) is 19.2. The number of anilines is 2. The van der Waals surface area contributed by atoms with E-state index in [1.54, 1.807) is 0 Å². The van der Waals surface area contributed by atoms with Crippen molar-refractivity contribution in [3.8, 4) is 0 Å². The van der Waals surface area contributed by atoms with Crippen molar-refractivity contribution in [1.29, 1.82) is 0 Å². The van der Waals surface area contributed by atoms with Gasteiger partial charge >= 0.3 is 0 Å². The molecular formula is C27H26FN7O5. The molecule has 40 heavy (non-hydrogen) atoms. The minimum Gasteiger partial charge on any atom is -0.367 e. The van der Waals surface area contributed by atoms with Crippen LogP contribution in [0, 0.1) is 5.82 Å². The molecular weight excluding hydrogens is 521 g/mol. The van der Waals surface area contributed by atoms with Gasteiger partial charge in [-0.1, -0.05) is 30.3 Å². The average molecular weight is 548 g/mol. The summed E-state index contributed by atoms with van der Waals surface area (Å²) < 4.78 is 21.1. The number of rotatable bonds is 9. The molecule has 0 saturated heterocycles. The Hall–Kier alpha value is -4.91. The van der Waals surface area contributed by atoms with E-state index in [-0.39, 0.29) is 60.9 Å². The van der Waals surface area contributed by atoms with Gasteiger partial charge in [0.25, 0.3) is 17.4 Å². The fourth-order valence-corrected chi connectivity index (χ4v) is 4.41. The van der Waals surface area contributed by atoms with Crippen LogP contribution in [0.2, 0.25) is 0 Å². The number of nitrogens with one attached hydrogen (secondary N) is 2. The Balaban J connectivity index is 1.42. The summed E-state index contributed by atoms with van der Waals surface area (Å²) in [7, 11) is 0. The molecule has 4 aromatic rings. The van der Waals surface area contributed by atoms with Crippen molar-refractivity contribution in [2.24, 2.45) is 0 Å². The zero-order valence-corrected chi connectivity index (χ0v) is 21.8. The Morgan fingerprint density at radius 1 is 1.05 bits per heavy atom. The molecule has 4 heterocycles. The van der Waals surface area contributed by atoms with Crippen LogP contribution >= 0.6 is 0 Å². The normalized spacial score (nSPS) is 12.7. The van der Waals surface area contributed by atoms with E-state index in [2.05, 4.69) is 20.7 Å². The number of ether oxygens (including phenoxy) is 1. The van der Waals surface area contributed by atoms with Crippen LogP contribution in [0.4, 0.5) is 16.0 Å². The fraction of sp³-hybridized carbons (Fsp3) is 0.259. The predicted octanol–water partition coefficient (Wildman–Crippen LogP) is 2.19. The van der Waals surface area contributed by atoms with E-state index in [9.17, 15) is 23.6 Å². The zero-order chi connectivity index (χ0) is 28.4. The lowest BCUT2D eigenvalue weighted by atomic mass is 10.2. The number of hydrogen-bond acceptors (Lipinski definition) is 7. The number of pyridine rings is 1. The SMILES string of the molecule is CC(C)N1Cc2c(n(CC(=O)Nc3ccc(F)cn3)c3cc(NC(=O)COCc4ccccc4)nn3c2=O)C1=O. The Kier molecular flexibility index (Phi) is 7.38. The van der Waals surface area contributed by atoms with E-state index in [1.165, 1.54) is 21.6 Å². The van der Waals surface area contributed by atoms with Gasteiger partial charge in [0.1, 0.15) is 36.1 Å². The lowest BCUT2D eigenvalue weighted by molar-refractivity contribution is -0.121. The zero-order valence-electron chi connectivity index (χ0n) is 21.8. The van der Waals surface area contributed by atoms with Crippen molar-refractivity contribution in [2.45, 2.75) is 39.6 Å². The lowest BCUT2D eigenvalue weighted by Gasteiger charge is -2.20. The first-order valence-electron chi connectivity index (χ1n) is 12.5. The Morgan fingerprint density at radius 3 is 2.50 bits per heavy atom. The summed E-state index contributed by atoms with van der Waals surface area (Å²) in [6.07, 6.45) is 0.963. The van der Waals surface area contributed by atoms with Crippen LogP contribution in [-0.2, 0) is 34.0 Å². The molecule has 0 saturated carbocycles. The fourth-order valence-electron chi connectivity index (χ4n) is 4.41. The van der Waals surface area contributed by atoms with Crippen LogP contribution < -0.4 is 16.2 Å². The molecule has 0 fully saturated rings. The van der Waals surface area contributed by atoms with Gasteiger partial charge in [-0.25, -0.2) is 9.37 Å². The molecule has 0 spiro atoms. The number of fused-ring (bicyclic) bond motifs is 2. The quantitative estimate of drug-likeness (QED) is 0.327. The Bertz CT molecular complexity index is 1650. The topological polar surface area (TPSA) is 140 Å². The van der Waals surface area contributed by atoms with Crippen LogP contribution in [0.3, 0.4) is 0 Å². The van der Waals surface area contributed by atoms with Crippen molar-refractivity contribution in [3.63, 3.8) is 0 Å². The largest absolute Gasteiger partial charge is 0.367 e. The summed E-state index contributed by atoms with van der Waals surface area (Å²) >= 11 is 0. The molecule has 12 nitrogen and oxygen atoms in total. The average Bonchev–Trinajstić information content (AvgIpc) is 3.50. The molecule has 0 bridgehead atoms. The summed E-state index contributed by atoms with van der Waals surface area (Å²) in [6, 6.07) is 13.0. The Labute approximate surface area is 227 Å². The van der Waals surface area contributed by atoms with Gasteiger partial charge < -0.3 is 24.8 Å². The molecule has 0 radical (unpaired) electrons. The van der Waals surface area contributed by atoms with Crippen molar-refractivity contribution >= 4 is 35.0 Å². The van der Waals surface area contributed by atoms with E-state index in [4.69, 9.17) is 4.74 Å². The number of nitrogens with zero attached hydrogens (tertiary/aromatic N) is 5. The van der Waals surface area contributed by atoms with Gasteiger partial charge in [-0.15, -0.1) is 5.10 Å². The molecule has 5 rings (SSSR count). The molecule has 3 aromatic heterocycles. The number of carbonyl (C=O) groups is 3. The van der Waals surface area contributed by atoms with Gasteiger partial charge in [-0.05, 0) is 31.5 Å². The van der Waals surface area contributed by atoms with Gasteiger partial charge in [0.15, 0.2) is 5.82 Å². The highest BCUT2D eigenvalue weighted by Crippen LogP contribution is 2.25. The number of benzene rings is 1. The van der Waals surface area contributed by atoms with E-state index >= 15 is 0 Å². The maximum Gasteiger partial charge on any atom is 0.280 e. The second-order valence-electron chi connectivity index (χ2n) is 9.48. The maximum absolute atomic E-state index is 13.3. The predicted molar refractivity (Wildman–Crippen MR) is 142 cm³/mol. The number of aromatic nitrogens is 4. The van der Waals surface area contributed by atoms with Gasteiger partial charge in [-0.2, -0.15) is 4.52 Å². The minimum absolute atomic E-state index is 0.0522. The third kappa shape index (κ3) is 5.45. The molecule has 3 amide bonds. The molecule has 0 aliphatic carbocycles. The van der Waals surface area contributed by atoms with Crippen molar-refractivity contribution in [1.82, 2.24) is 24.1 Å². The molecule has 2 N–H and O–H groups in total. The highest BCUT2D eigenvalue weighted by molar-refractivity contribution is 5.99. The van der Waals surface area contributed by atoms with Gasteiger partial charge in [0.05, 0.1) is 24.9 Å². The molecule has 206 valence electrons. The van der Waals surface area contributed by atoms with Crippen LogP contribution in [0.5, 0.6) is 0 Å². The van der Waals surface area contributed by atoms with E-state index in [1.807, 2.05) is 44.2 Å². The first kappa shape index (κ1) is 26.7. The standard InChI is InChI=1S/C27H26FN7O5/c1-16(2)33-12-19-25(27(33)39)34(13-22(36)30-20-9-8-18(28)11-29-20)24-10-21(32-35(24)26(19)38)31-23(37)15-40-14-17-6-4-3-5-7-17/h3-11,16H,12-15H2,1-2H3,(H,29,30,36)(H,31,32,37). The summed E-state index contributed by atoms with van der Waals surface area (Å²) in [5.74, 6) is -1.85. The third-order valence-electron chi connectivity index (χ3n) is 6.30. The lowest BCUT2D eigenvalue weighted by Crippen LogP contribution is -2.32. The number of halogens is 1. The highest BCUT2D eigenvalue weighted by atomic mass is 19.1. The molecule has 0 unspecified atom stereocenters. The molecule has 1 aliphatic rings. The van der Waals surface area contributed by atoms with Crippen molar-refractivity contribution < 1.29 is 23.5 Å². The van der Waals surface area contributed by atoms with Crippen molar-refractivity contribution in [3.05, 3.63) is 87.7 Å². The van der Waals surface area contributed by atoms with E-state index < -0.39 is 29.1 Å². The van der Waals surface area contributed by atoms with E-state index in [0.29, 0.717) is 0 Å². The van der Waals surface area contributed by atoms with E-state index in [0.717, 1.165) is 22.3 Å². The molecule has 1 aliphatic heterocycles. The maximum atomic E-state index is 13.3. The third-order valence-corrected chi connectivity index (χ3v) is 6.30. The molecule has 1 aromatic carbocycles. The highest BCUT2D eigenvalue weighted by Gasteiger charge is 2.36. The summed E-state index contributed by atoms with van der Waals surface area (Å²) in [4.78, 5) is 57.5. The van der Waals surface area contributed by atoms with Crippen LogP contribution in [0.1, 0.15) is 35.5 Å². The first-order valence-corrected chi connectivity index (χ1v) is 12.5. The van der Waals surface area contributed by atoms with Crippen molar-refractivity contribution in [2.75, 3.05) is 17.2 Å². The van der Waals surface area contributed by atoms with Crippen LogP contribution in [0.25, 0.3) is 5.65 Å². The van der Waals surface area contributed by atoms with Crippen LogP contribution in [-0.4, -0.2) is 54.4 Å². The minimum atomic E-state index is -0.566. The smallest absolute Gasteiger partial charge is 0.280 e. The molecule has 13 heteroatoms. The number of hydrogen-bond donors (Lipinski definition) is 2. The summed E-state index contributed by atoms with van der Waals surface area (Å²) in [5.41, 5.74) is 0.761.